The van der Waals surface area contributed by atoms with Crippen molar-refractivity contribution in [3.63, 3.8) is 0 Å². The normalized spacial score (nSPS) is 11.5. The zero-order valence-electron chi connectivity index (χ0n) is 33.4. The monoisotopic (exact) mass is 825 g/mol. The zero-order valence-corrected chi connectivity index (χ0v) is 35.0. The molecule has 0 radical (unpaired) electrons. The summed E-state index contributed by atoms with van der Waals surface area (Å²) in [6.45, 7) is 0. The molecule has 3 nitrogen and oxygen atoms in total. The maximum absolute atomic E-state index is 5.17. The van der Waals surface area contributed by atoms with Gasteiger partial charge in [0.25, 0.3) is 0 Å². The Labute approximate surface area is 366 Å². The van der Waals surface area contributed by atoms with Gasteiger partial charge in [0, 0.05) is 57.0 Å². The Balaban J connectivity index is 1.02. The van der Waals surface area contributed by atoms with E-state index in [0.717, 1.165) is 38.9 Å². The minimum Gasteiger partial charge on any atom is -0.208 e. The summed E-state index contributed by atoms with van der Waals surface area (Å²) in [7, 11) is 0. The van der Waals surface area contributed by atoms with E-state index in [2.05, 4.69) is 182 Å². The fourth-order valence-corrected chi connectivity index (χ4v) is 11.1. The smallest absolute Gasteiger partial charge is 0.164 e. The van der Waals surface area contributed by atoms with Gasteiger partial charge in [-0.15, -0.1) is 22.7 Å². The predicted molar refractivity (Wildman–Crippen MR) is 264 cm³/mol. The summed E-state index contributed by atoms with van der Waals surface area (Å²) in [6, 6.07) is 75.8. The number of thiophene rings is 2. The molecule has 0 aliphatic heterocycles. The molecule has 5 heteroatoms. The molecule has 0 N–H and O–H groups in total. The molecule has 12 rings (SSSR count). The lowest BCUT2D eigenvalue weighted by Crippen LogP contribution is -2.01. The minimum atomic E-state index is 0.629. The van der Waals surface area contributed by atoms with Gasteiger partial charge < -0.3 is 0 Å². The van der Waals surface area contributed by atoms with E-state index in [0.29, 0.717) is 17.5 Å². The van der Waals surface area contributed by atoms with E-state index >= 15 is 0 Å². The van der Waals surface area contributed by atoms with E-state index < -0.39 is 0 Å². The summed E-state index contributed by atoms with van der Waals surface area (Å²) in [5.74, 6) is 1.91. The minimum absolute atomic E-state index is 0.629. The van der Waals surface area contributed by atoms with E-state index in [9.17, 15) is 0 Å². The van der Waals surface area contributed by atoms with E-state index in [1.54, 1.807) is 0 Å². The van der Waals surface area contributed by atoms with Crippen molar-refractivity contribution in [2.45, 2.75) is 0 Å². The maximum atomic E-state index is 5.17. The van der Waals surface area contributed by atoms with Gasteiger partial charge in [0.1, 0.15) is 0 Å². The molecular formula is C57H35N3S2. The molecule has 0 unspecified atom stereocenters. The number of hydrogen-bond donors (Lipinski definition) is 0. The van der Waals surface area contributed by atoms with Crippen molar-refractivity contribution in [3.05, 3.63) is 212 Å². The van der Waals surface area contributed by atoms with E-state index in [1.165, 1.54) is 62.6 Å². The summed E-state index contributed by atoms with van der Waals surface area (Å²) in [5.41, 5.74) is 12.2. The standard InChI is InChI=1S/C57H35N3S2/c1-3-15-37(16-4-1)43-19-7-8-20-46(43)57-59-55(38-17-5-2-6-18-38)58-56(60-57)39-31-29-36(30-32-39)40-33-41(44-23-13-27-51-53(44)47-21-9-11-25-49(47)61-51)35-42(34-40)45-24-14-28-52-54(45)48-22-10-12-26-50(48)62-52/h1-35H. The highest BCUT2D eigenvalue weighted by Crippen LogP contribution is 2.45. The Bertz CT molecular complexity index is 3490. The lowest BCUT2D eigenvalue weighted by molar-refractivity contribution is 1.07. The summed E-state index contributed by atoms with van der Waals surface area (Å²) < 4.78 is 5.20. The summed E-state index contributed by atoms with van der Waals surface area (Å²) in [4.78, 5) is 15.3. The van der Waals surface area contributed by atoms with Gasteiger partial charge in [0.05, 0.1) is 0 Å². The van der Waals surface area contributed by atoms with Crippen LogP contribution in [0.5, 0.6) is 0 Å². The summed E-state index contributed by atoms with van der Waals surface area (Å²) >= 11 is 3.72. The highest BCUT2D eigenvalue weighted by Gasteiger charge is 2.18. The van der Waals surface area contributed by atoms with Crippen LogP contribution in [0.25, 0.3) is 119 Å². The van der Waals surface area contributed by atoms with Crippen LogP contribution in [0.1, 0.15) is 0 Å². The summed E-state index contributed by atoms with van der Waals surface area (Å²) in [5, 5.41) is 5.20. The van der Waals surface area contributed by atoms with Crippen molar-refractivity contribution in [3.8, 4) is 78.7 Å². The molecule has 0 aliphatic carbocycles. The van der Waals surface area contributed by atoms with Gasteiger partial charge in [-0.3, -0.25) is 0 Å². The van der Waals surface area contributed by atoms with Crippen molar-refractivity contribution >= 4 is 63.0 Å². The van der Waals surface area contributed by atoms with E-state index in [-0.39, 0.29) is 0 Å². The van der Waals surface area contributed by atoms with Crippen molar-refractivity contribution in [2.24, 2.45) is 0 Å². The Morgan fingerprint density at radius 1 is 0.242 bits per heavy atom. The first-order valence-electron chi connectivity index (χ1n) is 20.8. The van der Waals surface area contributed by atoms with Crippen molar-refractivity contribution < 1.29 is 0 Å². The molecule has 0 aliphatic rings. The average molecular weight is 826 g/mol. The molecule has 290 valence electrons. The van der Waals surface area contributed by atoms with Gasteiger partial charge in [-0.25, -0.2) is 15.0 Å². The van der Waals surface area contributed by atoms with Crippen LogP contribution in [0.3, 0.4) is 0 Å². The molecule has 9 aromatic carbocycles. The molecule has 62 heavy (non-hydrogen) atoms. The van der Waals surface area contributed by atoms with Crippen LogP contribution >= 0.6 is 22.7 Å². The highest BCUT2D eigenvalue weighted by atomic mass is 32.1. The maximum Gasteiger partial charge on any atom is 0.164 e. The largest absolute Gasteiger partial charge is 0.208 e. The van der Waals surface area contributed by atoms with Crippen LogP contribution in [0.15, 0.2) is 212 Å². The molecule has 12 aromatic rings. The molecule has 0 atom stereocenters. The first-order chi connectivity index (χ1) is 30.7. The zero-order chi connectivity index (χ0) is 41.0. The predicted octanol–water partition coefficient (Wildman–Crippen LogP) is 16.3. The van der Waals surface area contributed by atoms with Gasteiger partial charge in [-0.1, -0.05) is 170 Å². The molecule has 0 fully saturated rings. The summed E-state index contributed by atoms with van der Waals surface area (Å²) in [6.07, 6.45) is 0. The second-order valence-corrected chi connectivity index (χ2v) is 17.7. The molecule has 0 saturated heterocycles. The van der Waals surface area contributed by atoms with Crippen molar-refractivity contribution in [2.75, 3.05) is 0 Å². The van der Waals surface area contributed by atoms with Gasteiger partial charge >= 0.3 is 0 Å². The second kappa shape index (κ2) is 15.2. The second-order valence-electron chi connectivity index (χ2n) is 15.5. The molecule has 0 bridgehead atoms. The molecular weight excluding hydrogens is 791 g/mol. The van der Waals surface area contributed by atoms with Gasteiger partial charge in [0.2, 0.25) is 0 Å². The molecule has 0 amide bonds. The average Bonchev–Trinajstić information content (AvgIpc) is 3.93. The SMILES string of the molecule is c1ccc(-c2nc(-c3ccc(-c4cc(-c5cccc6sc7ccccc7c56)cc(-c5cccc6sc7ccccc7c56)c4)cc3)nc(-c3ccccc3-c3ccccc3)n2)cc1. The molecule has 0 saturated carbocycles. The van der Waals surface area contributed by atoms with Crippen LogP contribution < -0.4 is 0 Å². The molecule has 3 heterocycles. The third-order valence-electron chi connectivity index (χ3n) is 11.8. The van der Waals surface area contributed by atoms with E-state index in [1.807, 2.05) is 53.0 Å². The Kier molecular flexibility index (Phi) is 8.87. The van der Waals surface area contributed by atoms with E-state index in [4.69, 9.17) is 15.0 Å². The Hall–Kier alpha value is -7.57. The number of aromatic nitrogens is 3. The van der Waals surface area contributed by atoms with Crippen LogP contribution in [0.2, 0.25) is 0 Å². The van der Waals surface area contributed by atoms with Gasteiger partial charge in [-0.2, -0.15) is 0 Å². The Morgan fingerprint density at radius 3 is 1.23 bits per heavy atom. The van der Waals surface area contributed by atoms with Crippen LogP contribution in [-0.4, -0.2) is 15.0 Å². The third-order valence-corrected chi connectivity index (χ3v) is 14.0. The molecule has 3 aromatic heterocycles. The number of nitrogens with zero attached hydrogens (tertiary/aromatic N) is 3. The van der Waals surface area contributed by atoms with Crippen molar-refractivity contribution in [1.82, 2.24) is 15.0 Å². The number of fused-ring (bicyclic) bond motifs is 6. The fourth-order valence-electron chi connectivity index (χ4n) is 8.84. The quantitative estimate of drug-likeness (QED) is 0.161. The first-order valence-corrected chi connectivity index (χ1v) is 22.4. The lowest BCUT2D eigenvalue weighted by Gasteiger charge is -2.14. The van der Waals surface area contributed by atoms with Crippen LogP contribution in [0, 0.1) is 0 Å². The van der Waals surface area contributed by atoms with Crippen LogP contribution in [0.4, 0.5) is 0 Å². The topological polar surface area (TPSA) is 38.7 Å². The van der Waals surface area contributed by atoms with Crippen molar-refractivity contribution in [1.29, 1.82) is 0 Å². The Morgan fingerprint density at radius 2 is 0.645 bits per heavy atom. The van der Waals surface area contributed by atoms with Gasteiger partial charge in [-0.05, 0) is 87.0 Å². The first kappa shape index (κ1) is 36.3. The van der Waals surface area contributed by atoms with Gasteiger partial charge in [0.15, 0.2) is 17.5 Å². The van der Waals surface area contributed by atoms with Crippen LogP contribution in [-0.2, 0) is 0 Å². The number of rotatable bonds is 7. The number of benzene rings is 9. The highest BCUT2D eigenvalue weighted by molar-refractivity contribution is 7.26. The third kappa shape index (κ3) is 6.38. The number of hydrogen-bond acceptors (Lipinski definition) is 5. The fraction of sp³-hybridized carbons (Fsp3) is 0. The lowest BCUT2D eigenvalue weighted by atomic mass is 9.90. The molecule has 0 spiro atoms.